The van der Waals surface area contributed by atoms with Crippen molar-refractivity contribution in [3.8, 4) is 11.5 Å². The second-order valence-corrected chi connectivity index (χ2v) is 28.5. The summed E-state index contributed by atoms with van der Waals surface area (Å²) in [4.78, 5) is 0. The van der Waals surface area contributed by atoms with Gasteiger partial charge in [-0.15, -0.1) is 24.3 Å². The topological polar surface area (TPSA) is 40.5 Å². The van der Waals surface area contributed by atoms with Gasteiger partial charge in [-0.3, -0.25) is 0 Å². The molecule has 1 aliphatic heterocycles. The third-order valence-electron chi connectivity index (χ3n) is 10.4. The SMILES string of the molecule is C=CCc1cc(C(C)(C)C)cc(C[S]2=[Ti]=[S@@](Cc3cc(C(C)(C)C)cc(CC=C)c3O)C3CCCCCC[C@@H]32)c1O.[CH2-]c1ccccc1.[CH2-]c1ccccc1. The number of fused-ring (bicyclic) bond motifs is 1. The van der Waals surface area contributed by atoms with Crippen LogP contribution in [0.15, 0.2) is 110 Å². The minimum atomic E-state index is -0.241. The van der Waals surface area contributed by atoms with Gasteiger partial charge in [0.05, 0.1) is 0 Å². The molecule has 1 heterocycles. The number of phenols is 2. The Morgan fingerprint density at radius 2 is 0.945 bits per heavy atom. The summed E-state index contributed by atoms with van der Waals surface area (Å²) in [5.41, 5.74) is 9.24. The first-order chi connectivity index (χ1) is 26.1. The van der Waals surface area contributed by atoms with E-state index in [0.717, 1.165) is 44.3 Å². The fraction of sp³-hybridized carbons (Fsp3) is 0.400. The Labute approximate surface area is 345 Å². The predicted molar refractivity (Wildman–Crippen MR) is 241 cm³/mol. The standard InChI is InChI=1S/C36H52O2S2.2C7H7.Ti/c1-9-15-25-19-29(35(3,4)5)21-27(33(25)37)23-39-31-17-13-11-12-14-18-32(31)40-24-28-22-30(36(6,7)8)20-26(16-10-2)34(28)38;2*1-7-5-3-2-4-6-7;/h9-10,19-22,31-32,37-38H,1-2,11-18,23-24H2,3-8H3;2*2-6H,1H2;/q;2*-1;/t31-,32?;;;/m0.../s1. The first kappa shape index (κ1) is 44.8. The van der Waals surface area contributed by atoms with Crippen molar-refractivity contribution in [2.75, 3.05) is 0 Å². The van der Waals surface area contributed by atoms with E-state index in [0.29, 0.717) is 40.3 Å². The van der Waals surface area contributed by atoms with E-state index < -0.39 is 0 Å². The van der Waals surface area contributed by atoms with Crippen LogP contribution < -0.4 is 0 Å². The predicted octanol–water partition coefficient (Wildman–Crippen LogP) is 14.1. The monoisotopic (exact) mass is 810 g/mol. The molecule has 0 radical (unpaired) electrons. The second kappa shape index (κ2) is 21.0. The number of aromatic hydroxyl groups is 2. The molecule has 55 heavy (non-hydrogen) atoms. The normalized spacial score (nSPS) is 19.4. The summed E-state index contributed by atoms with van der Waals surface area (Å²) >= 11 is -0.241. The van der Waals surface area contributed by atoms with Crippen LogP contribution in [0.5, 0.6) is 11.5 Å². The number of hydrogen-bond acceptors (Lipinski definition) is 2. The maximum absolute atomic E-state index is 11.4. The average molecular weight is 811 g/mol. The number of phenolic OH excluding ortho intramolecular Hbond substituents is 2. The van der Waals surface area contributed by atoms with Gasteiger partial charge in [-0.05, 0) is 0 Å². The zero-order valence-corrected chi connectivity index (χ0v) is 37.7. The molecule has 5 heteroatoms. The van der Waals surface area contributed by atoms with Crippen LogP contribution >= 0.6 is 15.9 Å². The van der Waals surface area contributed by atoms with E-state index in [4.69, 9.17) is 0 Å². The molecule has 2 unspecified atom stereocenters. The van der Waals surface area contributed by atoms with Crippen molar-refractivity contribution in [2.24, 2.45) is 0 Å². The molecule has 1 saturated carbocycles. The van der Waals surface area contributed by atoms with Crippen LogP contribution in [0.4, 0.5) is 0 Å². The average Bonchev–Trinajstić information content (AvgIpc) is 3.42. The van der Waals surface area contributed by atoms with Gasteiger partial charge in [0.25, 0.3) is 0 Å². The van der Waals surface area contributed by atoms with Gasteiger partial charge in [-0.1, -0.05) is 12.1 Å². The molecule has 6 rings (SSSR count). The number of benzene rings is 4. The molecule has 0 spiro atoms. The van der Waals surface area contributed by atoms with E-state index in [1.165, 1.54) is 60.8 Å². The molecule has 0 amide bonds. The van der Waals surface area contributed by atoms with Crippen molar-refractivity contribution in [3.63, 3.8) is 0 Å². The van der Waals surface area contributed by atoms with Crippen LogP contribution in [0.3, 0.4) is 0 Å². The van der Waals surface area contributed by atoms with E-state index in [-0.39, 0.29) is 26.3 Å². The molecule has 2 N–H and O–H groups in total. The molecule has 0 aromatic heterocycles. The summed E-state index contributed by atoms with van der Waals surface area (Å²) in [5, 5.41) is 24.4. The van der Waals surface area contributed by atoms with Gasteiger partial charge in [0.1, 0.15) is 0 Å². The van der Waals surface area contributed by atoms with Gasteiger partial charge in [0, 0.05) is 0 Å². The van der Waals surface area contributed by atoms with E-state index in [1.54, 1.807) is 0 Å². The van der Waals surface area contributed by atoms with Crippen molar-refractivity contribution >= 4 is 15.9 Å². The van der Waals surface area contributed by atoms with Gasteiger partial charge in [-0.2, -0.15) is 49.2 Å². The molecule has 0 bridgehead atoms. The molecular weight excluding hydrogens is 745 g/mol. The molecule has 4 aromatic carbocycles. The van der Waals surface area contributed by atoms with E-state index in [1.807, 2.05) is 72.8 Å². The molecule has 4 atom stereocenters. The largest absolute Gasteiger partial charge is 0.199 e. The summed E-state index contributed by atoms with van der Waals surface area (Å²) in [5.74, 6) is 3.08. The summed E-state index contributed by atoms with van der Waals surface area (Å²) < 4.78 is 0. The Morgan fingerprint density at radius 3 is 1.24 bits per heavy atom. The van der Waals surface area contributed by atoms with Crippen molar-refractivity contribution in [1.29, 1.82) is 0 Å². The summed E-state index contributed by atoms with van der Waals surface area (Å²) in [7, 11) is 0.682. The van der Waals surface area contributed by atoms with Crippen LogP contribution in [0.25, 0.3) is 0 Å². The van der Waals surface area contributed by atoms with Crippen LogP contribution in [0.2, 0.25) is 0 Å². The number of hydrogen-bond donors (Lipinski definition) is 2. The fourth-order valence-electron chi connectivity index (χ4n) is 7.12. The smallest absolute Gasteiger partial charge is 0.0866 e. The van der Waals surface area contributed by atoms with Gasteiger partial charge < -0.3 is 0 Å². The van der Waals surface area contributed by atoms with Crippen LogP contribution in [-0.4, -0.2) is 20.7 Å². The Morgan fingerprint density at radius 1 is 0.600 bits per heavy atom. The third-order valence-corrected chi connectivity index (χ3v) is 26.3. The minimum Gasteiger partial charge on any atom is -0.199 e. The van der Waals surface area contributed by atoms with Gasteiger partial charge in [0.15, 0.2) is 0 Å². The minimum absolute atomic E-state index is 0.0409. The van der Waals surface area contributed by atoms with E-state index in [2.05, 4.69) is 92.8 Å². The fourth-order valence-corrected chi connectivity index (χ4v) is 28.0. The maximum atomic E-state index is 11.4. The molecule has 4 aromatic rings. The molecule has 2 aliphatic rings. The van der Waals surface area contributed by atoms with Crippen LogP contribution in [0.1, 0.15) is 125 Å². The van der Waals surface area contributed by atoms with E-state index >= 15 is 0 Å². The molecule has 296 valence electrons. The molecule has 0 saturated heterocycles. The zero-order valence-electron chi connectivity index (χ0n) is 34.5. The van der Waals surface area contributed by atoms with E-state index in [9.17, 15) is 10.2 Å². The third kappa shape index (κ3) is 13.3. The Hall–Kier alpha value is -2.89. The summed E-state index contributed by atoms with van der Waals surface area (Å²) in [6.45, 7) is 29.0. The summed E-state index contributed by atoms with van der Waals surface area (Å²) in [6.07, 6.45) is 13.3. The first-order valence-electron chi connectivity index (χ1n) is 19.9. The molecular formula is C50H66O2S2Ti-2. The zero-order chi connectivity index (χ0) is 40.2. The molecule has 1 aliphatic carbocycles. The first-order valence-corrected chi connectivity index (χ1v) is 26.7. The van der Waals surface area contributed by atoms with Crippen LogP contribution in [-0.2, 0) is 50.6 Å². The number of allylic oxidation sites excluding steroid dienone is 2. The molecule has 1 fully saturated rings. The molecule has 2 nitrogen and oxygen atoms in total. The Balaban J connectivity index is 0.000000398. The summed E-state index contributed by atoms with van der Waals surface area (Å²) in [6, 6.07) is 28.8. The number of rotatable bonds is 8. The van der Waals surface area contributed by atoms with Crippen molar-refractivity contribution in [1.82, 2.24) is 0 Å². The van der Waals surface area contributed by atoms with Crippen molar-refractivity contribution in [3.05, 3.63) is 169 Å². The maximum Gasteiger partial charge on any atom is -0.0866 e. The van der Waals surface area contributed by atoms with Crippen molar-refractivity contribution < 1.29 is 25.7 Å². The Kier molecular flexibility index (Phi) is 17.1. The quantitative estimate of drug-likeness (QED) is 0.106. The van der Waals surface area contributed by atoms with Gasteiger partial charge in [0.2, 0.25) is 0 Å². The van der Waals surface area contributed by atoms with Gasteiger partial charge >= 0.3 is 262 Å². The Bertz CT molecular complexity index is 1800. The second-order valence-electron chi connectivity index (χ2n) is 17.0. The van der Waals surface area contributed by atoms with Crippen molar-refractivity contribution in [2.45, 2.75) is 126 Å². The van der Waals surface area contributed by atoms with Gasteiger partial charge in [-0.25, -0.2) is 0 Å². The van der Waals surface area contributed by atoms with Crippen LogP contribution in [0, 0.1) is 13.8 Å².